The third kappa shape index (κ3) is 3.10. The van der Waals surface area contributed by atoms with Crippen molar-refractivity contribution >= 4 is 29.1 Å². The first-order valence-corrected chi connectivity index (χ1v) is 9.32. The number of carbonyl (C=O) groups excluding carboxylic acids is 2. The van der Waals surface area contributed by atoms with Gasteiger partial charge in [-0.15, -0.1) is 0 Å². The molecule has 26 heavy (non-hydrogen) atoms. The van der Waals surface area contributed by atoms with Crippen LogP contribution in [-0.4, -0.2) is 11.8 Å². The van der Waals surface area contributed by atoms with Gasteiger partial charge < -0.3 is 4.74 Å². The zero-order valence-corrected chi connectivity index (χ0v) is 15.3. The lowest BCUT2D eigenvalue weighted by Gasteiger charge is -2.25. The molecule has 0 N–H and O–H groups in total. The van der Waals surface area contributed by atoms with Crippen LogP contribution < -0.4 is 9.64 Å². The highest BCUT2D eigenvalue weighted by atomic mass is 35.5. The van der Waals surface area contributed by atoms with Crippen LogP contribution in [0.3, 0.4) is 0 Å². The molecule has 1 saturated heterocycles. The predicted molar refractivity (Wildman–Crippen MR) is 100 cm³/mol. The third-order valence-corrected chi connectivity index (χ3v) is 5.58. The number of benzene rings is 2. The Balaban J connectivity index is 1.52. The molecule has 1 saturated carbocycles. The maximum atomic E-state index is 12.8. The highest BCUT2D eigenvalue weighted by molar-refractivity contribution is 6.30. The highest BCUT2D eigenvalue weighted by Gasteiger charge is 2.49. The highest BCUT2D eigenvalue weighted by Crippen LogP contribution is 2.42. The summed E-state index contributed by atoms with van der Waals surface area (Å²) in [4.78, 5) is 26.9. The largest absolute Gasteiger partial charge is 0.457 e. The second-order valence-corrected chi connectivity index (χ2v) is 7.63. The van der Waals surface area contributed by atoms with Crippen LogP contribution in [0, 0.1) is 17.8 Å². The standard InChI is InChI=1S/C21H20ClNO3/c1-13-2-11-18-19(12-13)21(25)23(20(18)24)15-5-9-17(10-6-15)26-16-7-3-14(22)4-8-16/h3-10,13,18-19H,2,11-12H2,1H3/t13-,18+,19+/m1/s1. The summed E-state index contributed by atoms with van der Waals surface area (Å²) in [6.07, 6.45) is 2.63. The lowest BCUT2D eigenvalue weighted by atomic mass is 9.76. The van der Waals surface area contributed by atoms with Crippen LogP contribution in [0.1, 0.15) is 26.2 Å². The summed E-state index contributed by atoms with van der Waals surface area (Å²) in [5, 5.41) is 0.648. The van der Waals surface area contributed by atoms with Gasteiger partial charge >= 0.3 is 0 Å². The molecular weight excluding hydrogens is 350 g/mol. The normalized spacial score (nSPS) is 25.3. The molecule has 0 unspecified atom stereocenters. The van der Waals surface area contributed by atoms with E-state index in [1.165, 1.54) is 4.90 Å². The monoisotopic (exact) mass is 369 g/mol. The van der Waals surface area contributed by atoms with Crippen molar-refractivity contribution in [2.24, 2.45) is 17.8 Å². The number of rotatable bonds is 3. The molecule has 1 heterocycles. The van der Waals surface area contributed by atoms with Gasteiger partial charge in [0.1, 0.15) is 11.5 Å². The molecular formula is C21H20ClNO3. The van der Waals surface area contributed by atoms with Crippen LogP contribution in [0.15, 0.2) is 48.5 Å². The van der Waals surface area contributed by atoms with Gasteiger partial charge in [0.25, 0.3) is 0 Å². The van der Waals surface area contributed by atoms with Crippen molar-refractivity contribution < 1.29 is 14.3 Å². The molecule has 0 spiro atoms. The number of amides is 2. The first-order chi connectivity index (χ1) is 12.5. The van der Waals surface area contributed by atoms with Gasteiger partial charge in [0.15, 0.2) is 0 Å². The molecule has 2 aliphatic rings. The molecule has 5 heteroatoms. The molecule has 3 atom stereocenters. The van der Waals surface area contributed by atoms with E-state index in [1.807, 2.05) is 0 Å². The zero-order valence-electron chi connectivity index (χ0n) is 14.5. The molecule has 2 aromatic carbocycles. The van der Waals surface area contributed by atoms with E-state index in [4.69, 9.17) is 16.3 Å². The quantitative estimate of drug-likeness (QED) is 0.710. The number of halogens is 1. The van der Waals surface area contributed by atoms with Crippen LogP contribution >= 0.6 is 11.6 Å². The minimum Gasteiger partial charge on any atom is -0.457 e. The average molecular weight is 370 g/mol. The van der Waals surface area contributed by atoms with Gasteiger partial charge in [-0.2, -0.15) is 0 Å². The number of ether oxygens (including phenoxy) is 1. The molecule has 0 bridgehead atoms. The average Bonchev–Trinajstić information content (AvgIpc) is 2.88. The molecule has 1 aliphatic carbocycles. The molecule has 0 aromatic heterocycles. The summed E-state index contributed by atoms with van der Waals surface area (Å²) >= 11 is 5.87. The fourth-order valence-corrected chi connectivity index (χ4v) is 4.07. The van der Waals surface area contributed by atoms with E-state index in [1.54, 1.807) is 48.5 Å². The summed E-state index contributed by atoms with van der Waals surface area (Å²) < 4.78 is 5.77. The summed E-state index contributed by atoms with van der Waals surface area (Å²) in [6, 6.07) is 14.2. The van der Waals surface area contributed by atoms with Gasteiger partial charge in [-0.3, -0.25) is 14.5 Å². The van der Waals surface area contributed by atoms with Crippen LogP contribution in [0.5, 0.6) is 11.5 Å². The summed E-state index contributed by atoms with van der Waals surface area (Å²) in [7, 11) is 0. The Morgan fingerprint density at radius 3 is 2.12 bits per heavy atom. The van der Waals surface area contributed by atoms with Crippen LogP contribution in [0.4, 0.5) is 5.69 Å². The number of fused-ring (bicyclic) bond motifs is 1. The molecule has 4 nitrogen and oxygen atoms in total. The number of hydrogen-bond donors (Lipinski definition) is 0. The second-order valence-electron chi connectivity index (χ2n) is 7.19. The van der Waals surface area contributed by atoms with Crippen molar-refractivity contribution in [3.05, 3.63) is 53.6 Å². The second kappa shape index (κ2) is 6.76. The van der Waals surface area contributed by atoms with Gasteiger partial charge in [0, 0.05) is 5.02 Å². The lowest BCUT2D eigenvalue weighted by molar-refractivity contribution is -0.122. The Bertz CT molecular complexity index is 831. The maximum Gasteiger partial charge on any atom is 0.237 e. The van der Waals surface area contributed by atoms with E-state index in [2.05, 4.69) is 6.92 Å². The zero-order chi connectivity index (χ0) is 18.3. The number of anilines is 1. The molecule has 0 radical (unpaired) electrons. The summed E-state index contributed by atoms with van der Waals surface area (Å²) in [5.41, 5.74) is 0.616. The van der Waals surface area contributed by atoms with Crippen molar-refractivity contribution in [1.29, 1.82) is 0 Å². The Labute approximate surface area is 157 Å². The Hall–Kier alpha value is -2.33. The SMILES string of the molecule is C[C@@H]1CC[C@@H]2C(=O)N(c3ccc(Oc4ccc(Cl)cc4)cc3)C(=O)[C@H]2C1. The number of imide groups is 1. The molecule has 134 valence electrons. The number of hydrogen-bond acceptors (Lipinski definition) is 3. The van der Waals surface area contributed by atoms with Crippen molar-refractivity contribution in [1.82, 2.24) is 0 Å². The Morgan fingerprint density at radius 1 is 0.885 bits per heavy atom. The van der Waals surface area contributed by atoms with Gasteiger partial charge in [0.2, 0.25) is 11.8 Å². The molecule has 2 fully saturated rings. The van der Waals surface area contributed by atoms with Crippen molar-refractivity contribution in [2.75, 3.05) is 4.90 Å². The van der Waals surface area contributed by atoms with Crippen LogP contribution in [0.2, 0.25) is 5.02 Å². The topological polar surface area (TPSA) is 46.6 Å². The van der Waals surface area contributed by atoms with Crippen molar-refractivity contribution in [2.45, 2.75) is 26.2 Å². The molecule has 2 aromatic rings. The number of nitrogens with zero attached hydrogens (tertiary/aromatic N) is 1. The van der Waals surface area contributed by atoms with Crippen molar-refractivity contribution in [3.8, 4) is 11.5 Å². The fourth-order valence-electron chi connectivity index (χ4n) is 3.95. The minimum atomic E-state index is -0.156. The maximum absolute atomic E-state index is 12.8. The smallest absolute Gasteiger partial charge is 0.237 e. The third-order valence-electron chi connectivity index (χ3n) is 5.33. The van der Waals surface area contributed by atoms with Gasteiger partial charge in [-0.05, 0) is 73.7 Å². The van der Waals surface area contributed by atoms with E-state index in [0.717, 1.165) is 19.3 Å². The van der Waals surface area contributed by atoms with Crippen LogP contribution in [0.25, 0.3) is 0 Å². The van der Waals surface area contributed by atoms with Crippen molar-refractivity contribution in [3.63, 3.8) is 0 Å². The minimum absolute atomic E-state index is 0.0572. The van der Waals surface area contributed by atoms with Gasteiger partial charge in [-0.25, -0.2) is 0 Å². The van der Waals surface area contributed by atoms with E-state index in [9.17, 15) is 9.59 Å². The Kier molecular flexibility index (Phi) is 4.45. The molecule has 4 rings (SSSR count). The van der Waals surface area contributed by atoms with E-state index in [-0.39, 0.29) is 23.7 Å². The van der Waals surface area contributed by atoms with E-state index < -0.39 is 0 Å². The van der Waals surface area contributed by atoms with E-state index in [0.29, 0.717) is 28.1 Å². The van der Waals surface area contributed by atoms with E-state index >= 15 is 0 Å². The number of carbonyl (C=O) groups is 2. The molecule has 1 aliphatic heterocycles. The first-order valence-electron chi connectivity index (χ1n) is 8.94. The first kappa shape index (κ1) is 17.1. The molecule has 2 amide bonds. The lowest BCUT2D eigenvalue weighted by Crippen LogP contribution is -2.30. The van der Waals surface area contributed by atoms with Gasteiger partial charge in [0.05, 0.1) is 17.5 Å². The van der Waals surface area contributed by atoms with Crippen LogP contribution in [-0.2, 0) is 9.59 Å². The summed E-state index contributed by atoms with van der Waals surface area (Å²) in [5.74, 6) is 1.40. The fraction of sp³-hybridized carbons (Fsp3) is 0.333. The predicted octanol–water partition coefficient (Wildman–Crippen LogP) is 5.06. The van der Waals surface area contributed by atoms with Gasteiger partial charge in [-0.1, -0.05) is 18.5 Å². The Morgan fingerprint density at radius 2 is 1.46 bits per heavy atom. The summed E-state index contributed by atoms with van der Waals surface area (Å²) in [6.45, 7) is 2.15.